The molecule has 1 aromatic rings. The Bertz CT molecular complexity index is 130. The first-order valence-corrected chi connectivity index (χ1v) is 2.41. The van der Waals surface area contributed by atoms with Gasteiger partial charge in [0.05, 0.1) is 0 Å². The molecule has 0 heterocycles. The van der Waals surface area contributed by atoms with Crippen molar-refractivity contribution in [3.8, 4) is 0 Å². The Kier molecular flexibility index (Phi) is 1.12. The van der Waals surface area contributed by atoms with Crippen LogP contribution in [-0.4, -0.2) is 0 Å². The molecule has 1 rings (SSSR count). The Balaban J connectivity index is 3.02. The molecule has 7 heavy (non-hydrogen) atoms. The molecule has 0 N–H and O–H groups in total. The van der Waals surface area contributed by atoms with Crippen molar-refractivity contribution in [2.45, 2.75) is 6.92 Å². The molecule has 0 aromatic heterocycles. The Morgan fingerprint density at radius 3 is 1.86 bits per heavy atom. The van der Waals surface area contributed by atoms with E-state index in [-0.39, 0.29) is 0 Å². The minimum Gasteiger partial charge on any atom is -0.0622 e. The van der Waals surface area contributed by atoms with Gasteiger partial charge in [-0.15, -0.1) is 0 Å². The zero-order chi connectivity index (χ0) is 5.11. The van der Waals surface area contributed by atoms with E-state index in [0.717, 1.165) is 0 Å². The van der Waals surface area contributed by atoms with Crippen LogP contribution in [0.4, 0.5) is 0 Å². The minimum absolute atomic E-state index is 1.32. The maximum Gasteiger partial charge on any atom is -0.0398 e. The highest BCUT2D eigenvalue weighted by Gasteiger charge is 1.72. The van der Waals surface area contributed by atoms with Gasteiger partial charge in [-0.1, -0.05) is 35.9 Å². The van der Waals surface area contributed by atoms with Crippen molar-refractivity contribution in [3.05, 3.63) is 35.9 Å². The maximum atomic E-state index is 2.08. The topological polar surface area (TPSA) is 0 Å². The Morgan fingerprint density at radius 2 is 1.57 bits per heavy atom. The van der Waals surface area contributed by atoms with Gasteiger partial charge in [-0.3, -0.25) is 0 Å². The van der Waals surface area contributed by atoms with Crippen molar-refractivity contribution < 1.29 is 0 Å². The molecule has 0 nitrogen and oxygen atoms in total. The van der Waals surface area contributed by atoms with Crippen LogP contribution in [0.1, 0.15) is 5.56 Å². The van der Waals surface area contributed by atoms with Crippen LogP contribution in [-0.2, 0) is 0 Å². The summed E-state index contributed by atoms with van der Waals surface area (Å²) < 4.78 is 0. The van der Waals surface area contributed by atoms with E-state index in [1.165, 1.54) is 5.56 Å². The van der Waals surface area contributed by atoms with Gasteiger partial charge in [-0.2, -0.15) is 0 Å². The van der Waals surface area contributed by atoms with Gasteiger partial charge in [0.1, 0.15) is 0 Å². The molecule has 0 radical (unpaired) electrons. The van der Waals surface area contributed by atoms with Crippen LogP contribution in [0.5, 0.6) is 0 Å². The van der Waals surface area contributed by atoms with Crippen LogP contribution in [0.15, 0.2) is 30.3 Å². The molecule has 0 aliphatic heterocycles. The number of hydrogen-bond acceptors (Lipinski definition) is 0. The Morgan fingerprint density at radius 1 is 1.00 bits per heavy atom. The van der Waals surface area contributed by atoms with E-state index in [9.17, 15) is 0 Å². The first kappa shape index (κ1) is 4.38. The Labute approximate surface area is 43.8 Å². The lowest BCUT2D eigenvalue weighted by atomic mass is 10.5. The summed E-state index contributed by atoms with van der Waals surface area (Å²) in [5, 5.41) is 0. The summed E-state index contributed by atoms with van der Waals surface area (Å²) in [4.78, 5) is 0. The van der Waals surface area contributed by atoms with E-state index in [1.807, 2.05) is 18.2 Å². The van der Waals surface area contributed by atoms with Crippen LogP contribution in [0.25, 0.3) is 0 Å². The molecule has 36 valence electrons. The highest BCUT2D eigenvalue weighted by atomic mass is 14.9. The molecule has 1 aromatic carbocycles. The third-order valence-corrected chi connectivity index (χ3v) is 0.940. The molecule has 0 aliphatic rings. The molecule has 0 heteroatoms. The monoisotopic (exact) mass is 94.1 g/mol. The van der Waals surface area contributed by atoms with E-state index < -0.39 is 0 Å². The second kappa shape index (κ2) is 1.78. The fourth-order valence-corrected chi connectivity index (χ4v) is 0.534. The second-order valence-corrected chi connectivity index (χ2v) is 1.65. The van der Waals surface area contributed by atoms with Gasteiger partial charge in [-0.05, 0) is 6.92 Å². The predicted octanol–water partition coefficient (Wildman–Crippen LogP) is 2.00. The van der Waals surface area contributed by atoms with Gasteiger partial charge in [0.25, 0.3) is 0 Å². The highest BCUT2D eigenvalue weighted by molar-refractivity contribution is 5.11. The highest BCUT2D eigenvalue weighted by Crippen LogP contribution is 1.92. The third kappa shape index (κ3) is 1.04. The largest absolute Gasteiger partial charge is 0.0622 e. The lowest BCUT2D eigenvalue weighted by Gasteiger charge is -1.82. The molecule has 0 bridgehead atoms. The smallest absolute Gasteiger partial charge is 0.0398 e. The van der Waals surface area contributed by atoms with Gasteiger partial charge in [0.15, 0.2) is 0 Å². The summed E-state index contributed by atoms with van der Waals surface area (Å²) >= 11 is 0. The fourth-order valence-electron chi connectivity index (χ4n) is 0.534. The predicted molar refractivity (Wildman–Crippen MR) is 31.2 cm³/mol. The van der Waals surface area contributed by atoms with E-state index in [1.54, 1.807) is 0 Å². The summed E-state index contributed by atoms with van der Waals surface area (Å²) in [7, 11) is 0. The average Bonchev–Trinajstić information content (AvgIpc) is 1.69. The van der Waals surface area contributed by atoms with Crippen molar-refractivity contribution in [1.82, 2.24) is 0 Å². The lowest BCUT2D eigenvalue weighted by Crippen LogP contribution is -1.62. The van der Waals surface area contributed by atoms with Gasteiger partial charge in [-0.25, -0.2) is 0 Å². The van der Waals surface area contributed by atoms with E-state index >= 15 is 0 Å². The minimum atomic E-state index is 1.32. The molecule has 0 saturated carbocycles. The van der Waals surface area contributed by atoms with Gasteiger partial charge in [0, 0.05) is 0 Å². The third-order valence-electron chi connectivity index (χ3n) is 0.940. The standard InChI is InChI=1S/C7H8/c1-7-5-3-2-4-6-7/h2-6H,1H3/i7+2. The van der Waals surface area contributed by atoms with Crippen molar-refractivity contribution in [2.24, 2.45) is 0 Å². The summed E-state index contributed by atoms with van der Waals surface area (Å²) in [6.07, 6.45) is 0. The summed E-state index contributed by atoms with van der Waals surface area (Å²) in [5.74, 6) is 0. The van der Waals surface area contributed by atoms with Crippen LogP contribution in [0, 0.1) is 6.92 Å². The van der Waals surface area contributed by atoms with E-state index in [2.05, 4.69) is 19.1 Å². The Hall–Kier alpha value is -0.780. The number of hydrogen-bond donors (Lipinski definition) is 0. The normalized spacial score (nSPS) is 8.71. The summed E-state index contributed by atoms with van der Waals surface area (Å²) in [5.41, 5.74) is 1.32. The molecular weight excluding hydrogens is 86.1 g/mol. The van der Waals surface area contributed by atoms with Crippen molar-refractivity contribution in [2.75, 3.05) is 0 Å². The molecule has 0 fully saturated rings. The van der Waals surface area contributed by atoms with Crippen molar-refractivity contribution in [1.29, 1.82) is 0 Å². The SMILES string of the molecule is C[14c]1ccccc1. The van der Waals surface area contributed by atoms with Crippen molar-refractivity contribution >= 4 is 0 Å². The first-order chi connectivity index (χ1) is 3.39. The maximum absolute atomic E-state index is 2.08. The number of rotatable bonds is 0. The van der Waals surface area contributed by atoms with Crippen LogP contribution in [0.2, 0.25) is 0 Å². The van der Waals surface area contributed by atoms with Crippen LogP contribution in [0.3, 0.4) is 0 Å². The molecule has 0 spiro atoms. The number of aryl methyl sites for hydroxylation is 1. The molecule has 0 aliphatic carbocycles. The molecule has 0 amide bonds. The second-order valence-electron chi connectivity index (χ2n) is 1.65. The molecule has 0 saturated heterocycles. The van der Waals surface area contributed by atoms with Crippen LogP contribution >= 0.6 is 0 Å². The molecular formula is C7H8. The zero-order valence-corrected chi connectivity index (χ0v) is 4.39. The zero-order valence-electron chi connectivity index (χ0n) is 4.39. The summed E-state index contributed by atoms with van der Waals surface area (Å²) in [6, 6.07) is 10.3. The summed E-state index contributed by atoms with van der Waals surface area (Å²) in [6.45, 7) is 2.08. The molecule has 0 unspecified atom stereocenters. The first-order valence-electron chi connectivity index (χ1n) is 2.41. The van der Waals surface area contributed by atoms with E-state index in [0.29, 0.717) is 0 Å². The van der Waals surface area contributed by atoms with Crippen molar-refractivity contribution in [3.63, 3.8) is 0 Å². The van der Waals surface area contributed by atoms with E-state index in [4.69, 9.17) is 0 Å². The lowest BCUT2D eigenvalue weighted by molar-refractivity contribution is 1.48. The molecule has 0 atom stereocenters. The van der Waals surface area contributed by atoms with Gasteiger partial charge in [0.2, 0.25) is 0 Å². The quantitative estimate of drug-likeness (QED) is 0.461. The average molecular weight is 94.1 g/mol. The number of benzene rings is 1. The fraction of sp³-hybridized carbons (Fsp3) is 0.143. The van der Waals surface area contributed by atoms with Gasteiger partial charge < -0.3 is 0 Å². The van der Waals surface area contributed by atoms with Crippen LogP contribution < -0.4 is 0 Å². The van der Waals surface area contributed by atoms with Gasteiger partial charge >= 0.3 is 0 Å².